The Morgan fingerprint density at radius 3 is 2.69 bits per heavy atom. The fraction of sp³-hybridized carbons (Fsp3) is 0.400. The molecule has 0 aliphatic heterocycles. The fourth-order valence-corrected chi connectivity index (χ4v) is 1.68. The first-order chi connectivity index (χ1) is 6.00. The Labute approximate surface area is 86.3 Å². The van der Waals surface area contributed by atoms with Crippen LogP contribution in [0.25, 0.3) is 0 Å². The second kappa shape index (κ2) is 4.20. The Kier molecular flexibility index (Phi) is 3.45. The van der Waals surface area contributed by atoms with E-state index >= 15 is 0 Å². The third-order valence-electron chi connectivity index (χ3n) is 1.79. The van der Waals surface area contributed by atoms with Crippen LogP contribution in [-0.2, 0) is 6.42 Å². The molecule has 1 atom stereocenters. The Morgan fingerprint density at radius 2 is 2.15 bits per heavy atom. The molecule has 2 N–H and O–H groups in total. The van der Waals surface area contributed by atoms with Crippen LogP contribution in [0, 0.1) is 12.7 Å². The maximum absolute atomic E-state index is 13.2. The van der Waals surface area contributed by atoms with Gasteiger partial charge in [-0.25, -0.2) is 4.39 Å². The van der Waals surface area contributed by atoms with E-state index in [-0.39, 0.29) is 11.9 Å². The first-order valence-electron chi connectivity index (χ1n) is 4.21. The standard InChI is InChI=1S/C10H13BrFN/c1-6-3-8(5-7(2)13)10(11)9(12)4-6/h3-4,7H,5,13H2,1-2H3. The molecule has 0 fully saturated rings. The van der Waals surface area contributed by atoms with Gasteiger partial charge in [-0.05, 0) is 53.4 Å². The zero-order valence-corrected chi connectivity index (χ0v) is 9.36. The van der Waals surface area contributed by atoms with Crippen molar-refractivity contribution in [2.24, 2.45) is 5.73 Å². The molecule has 1 aromatic rings. The number of hydrogen-bond acceptors (Lipinski definition) is 1. The lowest BCUT2D eigenvalue weighted by atomic mass is 10.1. The van der Waals surface area contributed by atoms with Gasteiger partial charge in [0.25, 0.3) is 0 Å². The summed E-state index contributed by atoms with van der Waals surface area (Å²) in [6.07, 6.45) is 0.694. The molecular weight excluding hydrogens is 233 g/mol. The molecule has 1 nitrogen and oxygen atoms in total. The number of aryl methyl sites for hydroxylation is 1. The summed E-state index contributed by atoms with van der Waals surface area (Å²) < 4.78 is 13.7. The van der Waals surface area contributed by atoms with Crippen LogP contribution in [0.15, 0.2) is 16.6 Å². The van der Waals surface area contributed by atoms with Gasteiger partial charge in [0.05, 0.1) is 4.47 Å². The molecule has 0 spiro atoms. The molecule has 1 aromatic carbocycles. The largest absolute Gasteiger partial charge is 0.328 e. The molecule has 0 radical (unpaired) electrons. The maximum atomic E-state index is 13.2. The molecule has 0 aliphatic rings. The van der Waals surface area contributed by atoms with Crippen LogP contribution in [0.4, 0.5) is 4.39 Å². The fourth-order valence-electron chi connectivity index (χ4n) is 1.29. The molecule has 0 bridgehead atoms. The van der Waals surface area contributed by atoms with E-state index in [2.05, 4.69) is 15.9 Å². The van der Waals surface area contributed by atoms with Crippen LogP contribution in [-0.4, -0.2) is 6.04 Å². The minimum absolute atomic E-state index is 0.0532. The zero-order chi connectivity index (χ0) is 10.0. The summed E-state index contributed by atoms with van der Waals surface area (Å²) in [4.78, 5) is 0. The Hall–Kier alpha value is -0.410. The van der Waals surface area contributed by atoms with Crippen molar-refractivity contribution in [1.29, 1.82) is 0 Å². The monoisotopic (exact) mass is 245 g/mol. The summed E-state index contributed by atoms with van der Waals surface area (Å²) >= 11 is 3.21. The Morgan fingerprint density at radius 1 is 1.54 bits per heavy atom. The molecule has 0 saturated carbocycles. The molecule has 1 rings (SSSR count). The SMILES string of the molecule is Cc1cc(F)c(Br)c(CC(C)N)c1. The van der Waals surface area contributed by atoms with Crippen molar-refractivity contribution < 1.29 is 4.39 Å². The first-order valence-corrected chi connectivity index (χ1v) is 5.00. The summed E-state index contributed by atoms with van der Waals surface area (Å²) in [5, 5.41) is 0. The van der Waals surface area contributed by atoms with Crippen molar-refractivity contribution in [3.05, 3.63) is 33.5 Å². The number of halogens is 2. The van der Waals surface area contributed by atoms with Gasteiger partial charge in [-0.2, -0.15) is 0 Å². The summed E-state index contributed by atoms with van der Waals surface area (Å²) in [7, 11) is 0. The molecule has 0 amide bonds. The van der Waals surface area contributed by atoms with Crippen LogP contribution in [0.5, 0.6) is 0 Å². The van der Waals surface area contributed by atoms with E-state index in [1.807, 2.05) is 19.9 Å². The van der Waals surface area contributed by atoms with Crippen LogP contribution in [0.1, 0.15) is 18.1 Å². The Balaban J connectivity index is 3.05. The predicted molar refractivity (Wildman–Crippen MR) is 56.2 cm³/mol. The lowest BCUT2D eigenvalue weighted by molar-refractivity contribution is 0.613. The van der Waals surface area contributed by atoms with Gasteiger partial charge in [0.15, 0.2) is 0 Å². The normalized spacial score (nSPS) is 13.0. The van der Waals surface area contributed by atoms with Gasteiger partial charge >= 0.3 is 0 Å². The van der Waals surface area contributed by atoms with E-state index in [0.29, 0.717) is 10.9 Å². The zero-order valence-electron chi connectivity index (χ0n) is 7.77. The highest BCUT2D eigenvalue weighted by Gasteiger charge is 2.08. The van der Waals surface area contributed by atoms with Gasteiger partial charge in [-0.1, -0.05) is 6.07 Å². The molecule has 0 heterocycles. The average Bonchev–Trinajstić information content (AvgIpc) is 1.98. The van der Waals surface area contributed by atoms with E-state index in [0.717, 1.165) is 11.1 Å². The van der Waals surface area contributed by atoms with E-state index in [1.165, 1.54) is 6.07 Å². The molecule has 0 saturated heterocycles. The quantitative estimate of drug-likeness (QED) is 0.853. The first kappa shape index (κ1) is 10.7. The third-order valence-corrected chi connectivity index (χ3v) is 2.68. The van der Waals surface area contributed by atoms with Gasteiger partial charge < -0.3 is 5.73 Å². The lowest BCUT2D eigenvalue weighted by Gasteiger charge is -2.09. The van der Waals surface area contributed by atoms with Gasteiger partial charge in [-0.3, -0.25) is 0 Å². The lowest BCUT2D eigenvalue weighted by Crippen LogP contribution is -2.18. The highest BCUT2D eigenvalue weighted by molar-refractivity contribution is 9.10. The number of rotatable bonds is 2. The van der Waals surface area contributed by atoms with Gasteiger partial charge in [-0.15, -0.1) is 0 Å². The van der Waals surface area contributed by atoms with Crippen molar-refractivity contribution >= 4 is 15.9 Å². The van der Waals surface area contributed by atoms with Gasteiger partial charge in [0.1, 0.15) is 5.82 Å². The van der Waals surface area contributed by atoms with E-state index in [9.17, 15) is 4.39 Å². The highest BCUT2D eigenvalue weighted by atomic mass is 79.9. The Bertz CT molecular complexity index is 310. The van der Waals surface area contributed by atoms with E-state index in [4.69, 9.17) is 5.73 Å². The van der Waals surface area contributed by atoms with Gasteiger partial charge in [0, 0.05) is 6.04 Å². The smallest absolute Gasteiger partial charge is 0.137 e. The summed E-state index contributed by atoms with van der Waals surface area (Å²) in [6.45, 7) is 3.78. The van der Waals surface area contributed by atoms with Crippen LogP contribution >= 0.6 is 15.9 Å². The summed E-state index contributed by atoms with van der Waals surface area (Å²) in [5.41, 5.74) is 7.51. The molecular formula is C10H13BrFN. The molecule has 13 heavy (non-hydrogen) atoms. The third kappa shape index (κ3) is 2.78. The van der Waals surface area contributed by atoms with Crippen molar-refractivity contribution in [2.75, 3.05) is 0 Å². The molecule has 72 valence electrons. The van der Waals surface area contributed by atoms with Crippen molar-refractivity contribution in [2.45, 2.75) is 26.3 Å². The van der Waals surface area contributed by atoms with E-state index in [1.54, 1.807) is 0 Å². The molecule has 0 aliphatic carbocycles. The number of nitrogens with two attached hydrogens (primary N) is 1. The summed E-state index contributed by atoms with van der Waals surface area (Å²) in [6, 6.07) is 3.52. The second-order valence-corrected chi connectivity index (χ2v) is 4.19. The van der Waals surface area contributed by atoms with Gasteiger partial charge in [0.2, 0.25) is 0 Å². The highest BCUT2D eigenvalue weighted by Crippen LogP contribution is 2.23. The topological polar surface area (TPSA) is 26.0 Å². The number of benzene rings is 1. The second-order valence-electron chi connectivity index (χ2n) is 3.40. The van der Waals surface area contributed by atoms with Crippen LogP contribution in [0.3, 0.4) is 0 Å². The molecule has 3 heteroatoms. The van der Waals surface area contributed by atoms with Crippen LogP contribution < -0.4 is 5.73 Å². The predicted octanol–water partition coefficient (Wildman–Crippen LogP) is 2.79. The molecule has 0 aromatic heterocycles. The minimum Gasteiger partial charge on any atom is -0.328 e. The average molecular weight is 246 g/mol. The van der Waals surface area contributed by atoms with E-state index < -0.39 is 0 Å². The minimum atomic E-state index is -0.212. The van der Waals surface area contributed by atoms with Crippen molar-refractivity contribution in [3.8, 4) is 0 Å². The summed E-state index contributed by atoms with van der Waals surface area (Å²) in [5.74, 6) is -0.212. The van der Waals surface area contributed by atoms with Crippen molar-refractivity contribution in [1.82, 2.24) is 0 Å². The molecule has 1 unspecified atom stereocenters. The number of hydrogen-bond donors (Lipinski definition) is 1. The van der Waals surface area contributed by atoms with Crippen molar-refractivity contribution in [3.63, 3.8) is 0 Å². The maximum Gasteiger partial charge on any atom is 0.137 e. The van der Waals surface area contributed by atoms with Crippen LogP contribution in [0.2, 0.25) is 0 Å².